The van der Waals surface area contributed by atoms with E-state index in [4.69, 9.17) is 0 Å². The van der Waals surface area contributed by atoms with Crippen molar-refractivity contribution in [3.05, 3.63) is 48.0 Å². The van der Waals surface area contributed by atoms with E-state index >= 15 is 0 Å². The smallest absolute Gasteiger partial charge is 0.254 e. The largest absolute Gasteiger partial charge is 0.355 e. The number of nitrogens with one attached hydrogen (secondary N) is 1. The van der Waals surface area contributed by atoms with Gasteiger partial charge in [-0.2, -0.15) is 0 Å². The van der Waals surface area contributed by atoms with Gasteiger partial charge in [0.15, 0.2) is 0 Å². The Balaban J connectivity index is 1.26. The average Bonchev–Trinajstić information content (AvgIpc) is 2.87. The lowest BCUT2D eigenvalue weighted by Gasteiger charge is -2.38. The van der Waals surface area contributed by atoms with Crippen molar-refractivity contribution in [2.75, 3.05) is 52.4 Å². The van der Waals surface area contributed by atoms with Crippen molar-refractivity contribution < 1.29 is 14.4 Å². The van der Waals surface area contributed by atoms with Gasteiger partial charge >= 0.3 is 0 Å². The van der Waals surface area contributed by atoms with Crippen LogP contribution in [0.15, 0.2) is 42.5 Å². The molecule has 0 aliphatic carbocycles. The Morgan fingerprint density at radius 2 is 1.58 bits per heavy atom. The van der Waals surface area contributed by atoms with E-state index in [0.29, 0.717) is 52.1 Å². The van der Waals surface area contributed by atoms with Crippen molar-refractivity contribution in [3.63, 3.8) is 0 Å². The maximum absolute atomic E-state index is 13.2. The van der Waals surface area contributed by atoms with Gasteiger partial charge in [0.1, 0.15) is 0 Å². The highest BCUT2D eigenvalue weighted by molar-refractivity contribution is 6.07. The first-order valence-electron chi connectivity index (χ1n) is 12.1. The zero-order chi connectivity index (χ0) is 23.2. The van der Waals surface area contributed by atoms with E-state index in [1.54, 1.807) is 0 Å². The molecule has 1 N–H and O–H groups in total. The lowest BCUT2D eigenvalue weighted by atomic mass is 9.94. The van der Waals surface area contributed by atoms with E-state index in [0.717, 1.165) is 35.8 Å². The third-order valence-corrected chi connectivity index (χ3v) is 6.77. The molecular weight excluding hydrogens is 416 g/mol. The number of fused-ring (bicyclic) bond motifs is 1. The molecule has 33 heavy (non-hydrogen) atoms. The maximum atomic E-state index is 13.2. The Kier molecular flexibility index (Phi) is 7.60. The van der Waals surface area contributed by atoms with E-state index in [1.807, 2.05) is 59.2 Å². The number of hydrogen-bond acceptors (Lipinski definition) is 4. The second-order valence-corrected chi connectivity index (χ2v) is 9.04. The fourth-order valence-corrected chi connectivity index (χ4v) is 4.82. The normalized spacial score (nSPS) is 17.8. The van der Waals surface area contributed by atoms with Crippen LogP contribution in [-0.2, 0) is 9.59 Å². The standard InChI is InChI=1S/C26H34N4O3/c1-2-12-27-24(31)19-28-15-17-30(18-16-28)25(32)21-10-13-29(14-11-21)26(33)23-9-5-7-20-6-3-4-8-22(20)23/h3-9,21H,2,10-19H2,1H3,(H,27,31). The van der Waals surface area contributed by atoms with Gasteiger partial charge in [0.2, 0.25) is 11.8 Å². The molecule has 0 unspecified atom stereocenters. The first-order valence-corrected chi connectivity index (χ1v) is 12.1. The summed E-state index contributed by atoms with van der Waals surface area (Å²) in [6, 6.07) is 13.8. The van der Waals surface area contributed by atoms with E-state index in [-0.39, 0.29) is 23.6 Å². The molecule has 0 spiro atoms. The monoisotopic (exact) mass is 450 g/mol. The predicted molar refractivity (Wildman–Crippen MR) is 129 cm³/mol. The summed E-state index contributed by atoms with van der Waals surface area (Å²) in [5.41, 5.74) is 0.733. The number of likely N-dealkylation sites (tertiary alicyclic amines) is 1. The number of piperazine rings is 1. The topological polar surface area (TPSA) is 73.0 Å². The fraction of sp³-hybridized carbons (Fsp3) is 0.500. The molecular formula is C26H34N4O3. The van der Waals surface area contributed by atoms with Crippen LogP contribution in [0.1, 0.15) is 36.5 Å². The summed E-state index contributed by atoms with van der Waals surface area (Å²) >= 11 is 0. The van der Waals surface area contributed by atoms with Crippen molar-refractivity contribution in [1.29, 1.82) is 0 Å². The van der Waals surface area contributed by atoms with Crippen LogP contribution < -0.4 is 5.32 Å². The van der Waals surface area contributed by atoms with Gasteiger partial charge in [0, 0.05) is 57.3 Å². The van der Waals surface area contributed by atoms with Crippen LogP contribution in [-0.4, -0.2) is 84.8 Å². The van der Waals surface area contributed by atoms with Gasteiger partial charge in [-0.1, -0.05) is 43.3 Å². The molecule has 2 aromatic carbocycles. The third kappa shape index (κ3) is 5.53. The molecule has 4 rings (SSSR count). The van der Waals surface area contributed by atoms with Crippen LogP contribution in [0, 0.1) is 5.92 Å². The van der Waals surface area contributed by atoms with Crippen LogP contribution in [0.5, 0.6) is 0 Å². The molecule has 2 aliphatic heterocycles. The Bertz CT molecular complexity index is 987. The zero-order valence-corrected chi connectivity index (χ0v) is 19.5. The fourth-order valence-electron chi connectivity index (χ4n) is 4.82. The number of amides is 3. The van der Waals surface area contributed by atoms with E-state index in [1.165, 1.54) is 0 Å². The van der Waals surface area contributed by atoms with Crippen LogP contribution in [0.2, 0.25) is 0 Å². The number of carbonyl (C=O) groups excluding carboxylic acids is 3. The van der Waals surface area contributed by atoms with Crippen LogP contribution in [0.4, 0.5) is 0 Å². The minimum Gasteiger partial charge on any atom is -0.355 e. The Labute approximate surface area is 195 Å². The summed E-state index contributed by atoms with van der Waals surface area (Å²) in [6.45, 7) is 7.13. The van der Waals surface area contributed by atoms with Crippen LogP contribution >= 0.6 is 0 Å². The molecule has 0 bridgehead atoms. The van der Waals surface area contributed by atoms with E-state index in [9.17, 15) is 14.4 Å². The Morgan fingerprint density at radius 1 is 0.879 bits per heavy atom. The highest BCUT2D eigenvalue weighted by atomic mass is 16.2. The summed E-state index contributed by atoms with van der Waals surface area (Å²) < 4.78 is 0. The van der Waals surface area contributed by atoms with Gasteiger partial charge < -0.3 is 15.1 Å². The van der Waals surface area contributed by atoms with Gasteiger partial charge in [-0.15, -0.1) is 0 Å². The molecule has 7 nitrogen and oxygen atoms in total. The number of nitrogens with zero attached hydrogens (tertiary/aromatic N) is 3. The Hall–Kier alpha value is -2.93. The summed E-state index contributed by atoms with van der Waals surface area (Å²) in [6.07, 6.45) is 2.34. The molecule has 0 saturated carbocycles. The van der Waals surface area contributed by atoms with E-state index < -0.39 is 0 Å². The molecule has 2 fully saturated rings. The minimum absolute atomic E-state index is 0.0269. The van der Waals surface area contributed by atoms with Crippen LogP contribution in [0.25, 0.3) is 10.8 Å². The summed E-state index contributed by atoms with van der Waals surface area (Å²) in [4.78, 5) is 44.1. The van der Waals surface area contributed by atoms with Crippen LogP contribution in [0.3, 0.4) is 0 Å². The molecule has 2 aromatic rings. The molecule has 0 atom stereocenters. The SMILES string of the molecule is CCCNC(=O)CN1CCN(C(=O)C2CCN(C(=O)c3cccc4ccccc34)CC2)CC1. The van der Waals surface area contributed by atoms with Gasteiger partial charge in [-0.3, -0.25) is 19.3 Å². The lowest BCUT2D eigenvalue weighted by molar-refractivity contribution is -0.138. The zero-order valence-electron chi connectivity index (χ0n) is 19.5. The molecule has 176 valence electrons. The molecule has 0 aromatic heterocycles. The number of benzene rings is 2. The Morgan fingerprint density at radius 3 is 2.30 bits per heavy atom. The van der Waals surface area contributed by atoms with Gasteiger partial charge in [-0.05, 0) is 36.1 Å². The highest BCUT2D eigenvalue weighted by Crippen LogP contribution is 2.25. The summed E-state index contributed by atoms with van der Waals surface area (Å²) in [5, 5.41) is 4.95. The number of carbonyl (C=O) groups is 3. The van der Waals surface area contributed by atoms with Crippen molar-refractivity contribution in [2.45, 2.75) is 26.2 Å². The molecule has 0 radical (unpaired) electrons. The third-order valence-electron chi connectivity index (χ3n) is 6.77. The molecule has 2 heterocycles. The number of hydrogen-bond donors (Lipinski definition) is 1. The maximum Gasteiger partial charge on any atom is 0.254 e. The molecule has 2 saturated heterocycles. The number of piperidine rings is 1. The summed E-state index contributed by atoms with van der Waals surface area (Å²) in [5.74, 6) is 0.274. The molecule has 2 aliphatic rings. The second kappa shape index (κ2) is 10.8. The summed E-state index contributed by atoms with van der Waals surface area (Å²) in [7, 11) is 0. The number of rotatable bonds is 6. The quantitative estimate of drug-likeness (QED) is 0.733. The van der Waals surface area contributed by atoms with Gasteiger partial charge in [-0.25, -0.2) is 0 Å². The van der Waals surface area contributed by atoms with E-state index in [2.05, 4.69) is 10.2 Å². The van der Waals surface area contributed by atoms with Crippen molar-refractivity contribution in [2.24, 2.45) is 5.92 Å². The van der Waals surface area contributed by atoms with Gasteiger partial charge in [0.25, 0.3) is 5.91 Å². The molecule has 3 amide bonds. The average molecular weight is 451 g/mol. The predicted octanol–water partition coefficient (Wildman–Crippen LogP) is 2.36. The lowest BCUT2D eigenvalue weighted by Crippen LogP contribution is -2.53. The highest BCUT2D eigenvalue weighted by Gasteiger charge is 2.32. The van der Waals surface area contributed by atoms with Crippen molar-refractivity contribution >= 4 is 28.5 Å². The first-order chi connectivity index (χ1) is 16.1. The molecule has 7 heteroatoms. The van der Waals surface area contributed by atoms with Gasteiger partial charge in [0.05, 0.1) is 6.54 Å². The first kappa shape index (κ1) is 23.2. The van der Waals surface area contributed by atoms with Crippen molar-refractivity contribution in [1.82, 2.24) is 20.0 Å². The second-order valence-electron chi connectivity index (χ2n) is 9.04. The van der Waals surface area contributed by atoms with Crippen molar-refractivity contribution in [3.8, 4) is 0 Å². The minimum atomic E-state index is -0.0269.